The molecule has 2 fully saturated rings. The summed E-state index contributed by atoms with van der Waals surface area (Å²) >= 11 is 0. The maximum absolute atomic E-state index is 12.7. The van der Waals surface area contributed by atoms with Gasteiger partial charge in [0.15, 0.2) is 0 Å². The fraction of sp³-hybridized carbons (Fsp3) is 0.478. The summed E-state index contributed by atoms with van der Waals surface area (Å²) in [6.07, 6.45) is 7.84. The quantitative estimate of drug-likeness (QED) is 0.892. The second kappa shape index (κ2) is 7.21. The summed E-state index contributed by atoms with van der Waals surface area (Å²) in [5, 5.41) is 3.35. The van der Waals surface area contributed by atoms with E-state index in [2.05, 4.69) is 45.5 Å². The second-order valence-electron chi connectivity index (χ2n) is 8.39. The first-order chi connectivity index (χ1) is 13.8. The van der Waals surface area contributed by atoms with Crippen LogP contribution >= 0.6 is 0 Å². The SMILES string of the molecule is O=C(N[C@H]1CC2(CCN(c3cccnc3)CC2)c2ccccc21)[C@@H]1CCOC1. The maximum Gasteiger partial charge on any atom is 0.226 e. The minimum atomic E-state index is 0.0103. The van der Waals surface area contributed by atoms with Gasteiger partial charge in [0, 0.05) is 31.3 Å². The van der Waals surface area contributed by atoms with Gasteiger partial charge in [0.1, 0.15) is 0 Å². The second-order valence-corrected chi connectivity index (χ2v) is 8.39. The fourth-order valence-corrected chi connectivity index (χ4v) is 5.26. The molecule has 1 N–H and O–H groups in total. The Bertz CT molecular complexity index is 840. The number of carbonyl (C=O) groups excluding carboxylic acids is 1. The lowest BCUT2D eigenvalue weighted by Crippen LogP contribution is -2.42. The Labute approximate surface area is 166 Å². The predicted octanol–water partition coefficient (Wildman–Crippen LogP) is 3.22. The van der Waals surface area contributed by atoms with Crippen LogP contribution in [0.2, 0.25) is 0 Å². The molecule has 3 aliphatic rings. The van der Waals surface area contributed by atoms with E-state index in [1.165, 1.54) is 16.8 Å². The van der Waals surface area contributed by atoms with Gasteiger partial charge in [-0.15, -0.1) is 0 Å². The van der Waals surface area contributed by atoms with E-state index in [0.717, 1.165) is 38.8 Å². The van der Waals surface area contributed by atoms with Gasteiger partial charge in [0.05, 0.1) is 30.5 Å². The average molecular weight is 377 g/mol. The van der Waals surface area contributed by atoms with Crippen LogP contribution in [0.15, 0.2) is 48.8 Å². The fourth-order valence-electron chi connectivity index (χ4n) is 5.26. The molecular weight excluding hydrogens is 350 g/mol. The molecule has 1 amide bonds. The molecule has 3 heterocycles. The maximum atomic E-state index is 12.7. The van der Waals surface area contributed by atoms with Gasteiger partial charge in [0.25, 0.3) is 0 Å². The first-order valence-electron chi connectivity index (χ1n) is 10.4. The summed E-state index contributed by atoms with van der Waals surface area (Å²) < 4.78 is 5.40. The number of ether oxygens (including phenoxy) is 1. The molecule has 0 saturated carbocycles. The topological polar surface area (TPSA) is 54.5 Å². The molecule has 1 aliphatic carbocycles. The smallest absolute Gasteiger partial charge is 0.226 e. The highest BCUT2D eigenvalue weighted by Crippen LogP contribution is 2.51. The minimum Gasteiger partial charge on any atom is -0.381 e. The highest BCUT2D eigenvalue weighted by atomic mass is 16.5. The number of benzene rings is 1. The van der Waals surface area contributed by atoms with Gasteiger partial charge < -0.3 is 15.0 Å². The molecule has 0 bridgehead atoms. The number of nitrogens with zero attached hydrogens (tertiary/aromatic N) is 2. The van der Waals surface area contributed by atoms with Crippen LogP contribution in [0.4, 0.5) is 5.69 Å². The predicted molar refractivity (Wildman–Crippen MR) is 108 cm³/mol. The van der Waals surface area contributed by atoms with E-state index in [-0.39, 0.29) is 23.3 Å². The van der Waals surface area contributed by atoms with Crippen molar-refractivity contribution in [3.05, 3.63) is 59.9 Å². The van der Waals surface area contributed by atoms with Gasteiger partial charge >= 0.3 is 0 Å². The van der Waals surface area contributed by atoms with Crippen LogP contribution in [-0.4, -0.2) is 37.2 Å². The Hall–Kier alpha value is -2.40. The van der Waals surface area contributed by atoms with Crippen LogP contribution in [0.25, 0.3) is 0 Å². The summed E-state index contributed by atoms with van der Waals surface area (Å²) in [4.78, 5) is 19.4. The summed E-state index contributed by atoms with van der Waals surface area (Å²) in [6, 6.07) is 13.0. The number of aromatic nitrogens is 1. The average Bonchev–Trinajstić information content (AvgIpc) is 3.38. The van der Waals surface area contributed by atoms with Gasteiger partial charge in [-0.05, 0) is 48.9 Å². The molecule has 0 radical (unpaired) electrons. The molecule has 5 nitrogen and oxygen atoms in total. The first kappa shape index (κ1) is 17.7. The largest absolute Gasteiger partial charge is 0.381 e. The number of hydrogen-bond acceptors (Lipinski definition) is 4. The van der Waals surface area contributed by atoms with E-state index in [1.54, 1.807) is 0 Å². The molecule has 2 atom stereocenters. The molecule has 0 unspecified atom stereocenters. The van der Waals surface area contributed by atoms with E-state index in [1.807, 2.05) is 18.5 Å². The Morgan fingerprint density at radius 1 is 1.18 bits per heavy atom. The number of piperidine rings is 1. The van der Waals surface area contributed by atoms with Crippen molar-refractivity contribution < 1.29 is 9.53 Å². The van der Waals surface area contributed by atoms with Crippen molar-refractivity contribution >= 4 is 11.6 Å². The molecule has 28 heavy (non-hydrogen) atoms. The number of carbonyl (C=O) groups is 1. The standard InChI is InChI=1S/C23H27N3O2/c27-22(17-7-13-28-16-17)25-21-14-23(20-6-2-1-5-19(20)21)8-11-26(12-9-23)18-4-3-10-24-15-18/h1-6,10,15,17,21H,7-9,11-14,16H2,(H,25,27)/t17-,21+/m1/s1. The van der Waals surface area contributed by atoms with Crippen molar-refractivity contribution in [3.8, 4) is 0 Å². The molecule has 146 valence electrons. The van der Waals surface area contributed by atoms with Crippen LogP contribution < -0.4 is 10.2 Å². The van der Waals surface area contributed by atoms with Gasteiger partial charge in [0.2, 0.25) is 5.91 Å². The van der Waals surface area contributed by atoms with Crippen LogP contribution in [0.3, 0.4) is 0 Å². The van der Waals surface area contributed by atoms with Crippen LogP contribution in [0, 0.1) is 5.92 Å². The third-order valence-electron chi connectivity index (χ3n) is 6.85. The van der Waals surface area contributed by atoms with Crippen LogP contribution in [0.1, 0.15) is 42.9 Å². The molecule has 5 rings (SSSR count). The van der Waals surface area contributed by atoms with E-state index >= 15 is 0 Å². The third-order valence-corrected chi connectivity index (χ3v) is 6.85. The molecular formula is C23H27N3O2. The number of rotatable bonds is 3. The lowest BCUT2D eigenvalue weighted by molar-refractivity contribution is -0.125. The van der Waals surface area contributed by atoms with Gasteiger partial charge in [-0.1, -0.05) is 24.3 Å². The van der Waals surface area contributed by atoms with Crippen molar-refractivity contribution in [2.24, 2.45) is 5.92 Å². The molecule has 1 aromatic heterocycles. The van der Waals surface area contributed by atoms with Crippen molar-refractivity contribution in [2.75, 3.05) is 31.2 Å². The third kappa shape index (κ3) is 3.08. The zero-order valence-electron chi connectivity index (χ0n) is 16.1. The lowest BCUT2D eigenvalue weighted by atomic mass is 9.73. The van der Waals surface area contributed by atoms with Crippen molar-refractivity contribution in [1.29, 1.82) is 0 Å². The van der Waals surface area contributed by atoms with Gasteiger partial charge in [-0.3, -0.25) is 9.78 Å². The van der Waals surface area contributed by atoms with E-state index in [9.17, 15) is 4.79 Å². The Kier molecular flexibility index (Phi) is 4.55. The molecule has 2 aliphatic heterocycles. The zero-order valence-corrected chi connectivity index (χ0v) is 16.1. The Morgan fingerprint density at radius 2 is 2.04 bits per heavy atom. The highest BCUT2D eigenvalue weighted by molar-refractivity contribution is 5.79. The number of fused-ring (bicyclic) bond motifs is 2. The number of nitrogens with one attached hydrogen (secondary N) is 1. The van der Waals surface area contributed by atoms with Crippen molar-refractivity contribution in [2.45, 2.75) is 37.1 Å². The molecule has 1 spiro atoms. The van der Waals surface area contributed by atoms with Gasteiger partial charge in [-0.2, -0.15) is 0 Å². The Balaban J connectivity index is 1.34. The summed E-state index contributed by atoms with van der Waals surface area (Å²) in [6.45, 7) is 3.31. The number of pyridine rings is 1. The zero-order chi connectivity index (χ0) is 19.0. The molecule has 2 aromatic rings. The van der Waals surface area contributed by atoms with Crippen LogP contribution in [0.5, 0.6) is 0 Å². The Morgan fingerprint density at radius 3 is 2.79 bits per heavy atom. The first-order valence-corrected chi connectivity index (χ1v) is 10.4. The number of anilines is 1. The summed E-state index contributed by atoms with van der Waals surface area (Å²) in [5.74, 6) is 0.165. The molecule has 5 heteroatoms. The van der Waals surface area contributed by atoms with Crippen LogP contribution in [-0.2, 0) is 14.9 Å². The highest BCUT2D eigenvalue weighted by Gasteiger charge is 2.46. The summed E-state index contributed by atoms with van der Waals surface area (Å²) in [7, 11) is 0. The van der Waals surface area contributed by atoms with Gasteiger partial charge in [-0.25, -0.2) is 0 Å². The van der Waals surface area contributed by atoms with Crippen molar-refractivity contribution in [1.82, 2.24) is 10.3 Å². The molecule has 2 saturated heterocycles. The van der Waals surface area contributed by atoms with Crippen molar-refractivity contribution in [3.63, 3.8) is 0 Å². The van der Waals surface area contributed by atoms with E-state index in [0.29, 0.717) is 13.2 Å². The monoisotopic (exact) mass is 377 g/mol. The minimum absolute atomic E-state index is 0.0103. The number of hydrogen-bond donors (Lipinski definition) is 1. The van der Waals surface area contributed by atoms with E-state index < -0.39 is 0 Å². The normalized spacial score (nSPS) is 25.6. The number of amides is 1. The molecule has 1 aromatic carbocycles. The summed E-state index contributed by atoms with van der Waals surface area (Å²) in [5.41, 5.74) is 4.12. The lowest BCUT2D eigenvalue weighted by Gasteiger charge is -2.41. The van der Waals surface area contributed by atoms with E-state index in [4.69, 9.17) is 4.74 Å².